The number of aromatic nitrogens is 2. The van der Waals surface area contributed by atoms with Gasteiger partial charge < -0.3 is 15.5 Å². The van der Waals surface area contributed by atoms with E-state index in [0.29, 0.717) is 6.54 Å². The quantitative estimate of drug-likeness (QED) is 0.701. The molecule has 0 aliphatic carbocycles. The van der Waals surface area contributed by atoms with Crippen LogP contribution < -0.4 is 5.32 Å². The first-order chi connectivity index (χ1) is 7.80. The summed E-state index contributed by atoms with van der Waals surface area (Å²) in [4.78, 5) is 0. The van der Waals surface area contributed by atoms with Gasteiger partial charge in [-0.1, -0.05) is 0 Å². The average molecular weight is 241 g/mol. The molecule has 1 heterocycles. The highest BCUT2D eigenvalue weighted by Gasteiger charge is 2.21. The van der Waals surface area contributed by atoms with E-state index in [-0.39, 0.29) is 18.8 Å². The van der Waals surface area contributed by atoms with Crippen molar-refractivity contribution in [1.29, 1.82) is 0 Å². The maximum absolute atomic E-state index is 9.15. The van der Waals surface area contributed by atoms with Gasteiger partial charge in [-0.2, -0.15) is 5.10 Å². The van der Waals surface area contributed by atoms with Gasteiger partial charge in [0.25, 0.3) is 0 Å². The molecule has 1 aromatic heterocycles. The van der Waals surface area contributed by atoms with Crippen LogP contribution in [0.4, 0.5) is 0 Å². The molecule has 5 heteroatoms. The second-order valence-corrected chi connectivity index (χ2v) is 5.69. The van der Waals surface area contributed by atoms with Crippen molar-refractivity contribution in [3.05, 3.63) is 18.0 Å². The number of nitrogens with zero attached hydrogens (tertiary/aromatic N) is 2. The summed E-state index contributed by atoms with van der Waals surface area (Å²) in [7, 11) is 0. The summed E-state index contributed by atoms with van der Waals surface area (Å²) in [6, 6.07) is 0. The lowest BCUT2D eigenvalue weighted by Crippen LogP contribution is -2.48. The van der Waals surface area contributed by atoms with Crippen molar-refractivity contribution in [2.75, 3.05) is 13.2 Å². The van der Waals surface area contributed by atoms with E-state index in [1.165, 1.54) is 0 Å². The highest BCUT2D eigenvalue weighted by atomic mass is 16.3. The van der Waals surface area contributed by atoms with Gasteiger partial charge in [0, 0.05) is 18.3 Å². The molecule has 0 unspecified atom stereocenters. The van der Waals surface area contributed by atoms with Gasteiger partial charge in [-0.15, -0.1) is 0 Å². The van der Waals surface area contributed by atoms with Crippen LogP contribution in [-0.4, -0.2) is 38.7 Å². The first-order valence-corrected chi connectivity index (χ1v) is 5.81. The average Bonchev–Trinajstić information content (AvgIpc) is 2.74. The van der Waals surface area contributed by atoms with Crippen LogP contribution in [0, 0.1) is 0 Å². The Hall–Kier alpha value is -0.910. The zero-order chi connectivity index (χ0) is 13.1. The molecule has 0 aliphatic rings. The molecule has 0 bridgehead atoms. The van der Waals surface area contributed by atoms with E-state index in [9.17, 15) is 0 Å². The molecule has 0 radical (unpaired) electrons. The third-order valence-corrected chi connectivity index (χ3v) is 2.74. The second-order valence-electron chi connectivity index (χ2n) is 5.69. The smallest absolute Gasteiger partial charge is 0.0633 e. The van der Waals surface area contributed by atoms with Gasteiger partial charge in [-0.25, -0.2) is 0 Å². The highest BCUT2D eigenvalue weighted by Crippen LogP contribution is 2.13. The molecule has 98 valence electrons. The molecule has 1 rings (SSSR count). The molecule has 3 N–H and O–H groups in total. The molecular formula is C12H23N3O2. The number of rotatable bonds is 5. The summed E-state index contributed by atoms with van der Waals surface area (Å²) in [5.41, 5.74) is 0.354. The van der Waals surface area contributed by atoms with Crippen LogP contribution in [0.3, 0.4) is 0 Å². The largest absolute Gasteiger partial charge is 0.394 e. The zero-order valence-electron chi connectivity index (χ0n) is 11.1. The van der Waals surface area contributed by atoms with E-state index in [4.69, 9.17) is 10.2 Å². The molecule has 0 saturated heterocycles. The summed E-state index contributed by atoms with van der Waals surface area (Å²) in [6.07, 6.45) is 3.77. The molecule has 17 heavy (non-hydrogen) atoms. The van der Waals surface area contributed by atoms with E-state index >= 15 is 0 Å². The van der Waals surface area contributed by atoms with E-state index < -0.39 is 5.54 Å². The van der Waals surface area contributed by atoms with Gasteiger partial charge in [0.2, 0.25) is 0 Å². The van der Waals surface area contributed by atoms with E-state index in [1.54, 1.807) is 13.1 Å². The summed E-state index contributed by atoms with van der Waals surface area (Å²) in [6.45, 7) is 8.41. The predicted molar refractivity (Wildman–Crippen MR) is 66.6 cm³/mol. The van der Waals surface area contributed by atoms with Crippen LogP contribution >= 0.6 is 0 Å². The summed E-state index contributed by atoms with van der Waals surface area (Å²) in [5, 5.41) is 25.7. The van der Waals surface area contributed by atoms with Crippen molar-refractivity contribution in [1.82, 2.24) is 15.1 Å². The minimum Gasteiger partial charge on any atom is -0.394 e. The summed E-state index contributed by atoms with van der Waals surface area (Å²) >= 11 is 0. The minimum atomic E-state index is -0.649. The molecule has 0 aromatic carbocycles. The van der Waals surface area contributed by atoms with Gasteiger partial charge in [-0.05, 0) is 27.7 Å². The Kier molecular flexibility index (Phi) is 4.30. The maximum Gasteiger partial charge on any atom is 0.0633 e. The second kappa shape index (κ2) is 5.16. The van der Waals surface area contributed by atoms with Crippen molar-refractivity contribution in [3.63, 3.8) is 0 Å². The van der Waals surface area contributed by atoms with E-state index in [0.717, 1.165) is 5.56 Å². The lowest BCUT2D eigenvalue weighted by Gasteiger charge is -2.26. The van der Waals surface area contributed by atoms with Crippen molar-refractivity contribution >= 4 is 0 Å². The number of nitrogens with one attached hydrogen (secondary N) is 1. The molecule has 0 amide bonds. The fraction of sp³-hybridized carbons (Fsp3) is 0.750. The number of aliphatic hydroxyl groups excluding tert-OH is 2. The van der Waals surface area contributed by atoms with Crippen molar-refractivity contribution in [2.45, 2.75) is 45.3 Å². The number of aliphatic hydroxyl groups is 2. The topological polar surface area (TPSA) is 70.3 Å². The standard InChI is InChI=1S/C12H23N3O2/c1-11(2,3)15-7-10(6-14-15)5-13-12(4,8-16)9-17/h6-7,13,16-17H,5,8-9H2,1-4H3. The van der Waals surface area contributed by atoms with E-state index in [1.807, 2.05) is 10.9 Å². The Morgan fingerprint density at radius 2 is 1.82 bits per heavy atom. The third kappa shape index (κ3) is 3.80. The van der Waals surface area contributed by atoms with Gasteiger partial charge in [-0.3, -0.25) is 4.68 Å². The Balaban J connectivity index is 2.62. The normalized spacial score (nSPS) is 13.1. The molecule has 1 aromatic rings. The molecule has 0 atom stereocenters. The third-order valence-electron chi connectivity index (χ3n) is 2.74. The van der Waals surface area contributed by atoms with E-state index in [2.05, 4.69) is 31.2 Å². The fourth-order valence-electron chi connectivity index (χ4n) is 1.30. The van der Waals surface area contributed by atoms with Crippen molar-refractivity contribution in [3.8, 4) is 0 Å². The predicted octanol–water partition coefficient (Wildman–Crippen LogP) is 0.471. The van der Waals surface area contributed by atoms with Crippen LogP contribution in [0.2, 0.25) is 0 Å². The lowest BCUT2D eigenvalue weighted by molar-refractivity contribution is 0.103. The van der Waals surface area contributed by atoms with Crippen LogP contribution in [-0.2, 0) is 12.1 Å². The van der Waals surface area contributed by atoms with Crippen LogP contribution in [0.25, 0.3) is 0 Å². The van der Waals surface area contributed by atoms with Crippen LogP contribution in [0.5, 0.6) is 0 Å². The molecule has 5 nitrogen and oxygen atoms in total. The SMILES string of the molecule is CC(CO)(CO)NCc1cnn(C(C)(C)C)c1. The molecule has 0 aliphatic heterocycles. The Morgan fingerprint density at radius 3 is 2.24 bits per heavy atom. The first-order valence-electron chi connectivity index (χ1n) is 5.81. The molecule has 0 saturated carbocycles. The lowest BCUT2D eigenvalue weighted by atomic mass is 10.1. The van der Waals surface area contributed by atoms with Gasteiger partial charge in [0.1, 0.15) is 0 Å². The zero-order valence-corrected chi connectivity index (χ0v) is 11.1. The highest BCUT2D eigenvalue weighted by molar-refractivity contribution is 5.05. The van der Waals surface area contributed by atoms with Gasteiger partial charge in [0.05, 0.1) is 30.5 Å². The summed E-state index contributed by atoms with van der Waals surface area (Å²) in [5.74, 6) is 0. The number of hydrogen-bond acceptors (Lipinski definition) is 4. The Morgan fingerprint density at radius 1 is 1.24 bits per heavy atom. The first kappa shape index (κ1) is 14.2. The van der Waals surface area contributed by atoms with Gasteiger partial charge >= 0.3 is 0 Å². The minimum absolute atomic E-state index is 0.0322. The maximum atomic E-state index is 9.15. The van der Waals surface area contributed by atoms with Crippen molar-refractivity contribution < 1.29 is 10.2 Å². The fourth-order valence-corrected chi connectivity index (χ4v) is 1.30. The molecule has 0 fully saturated rings. The summed E-state index contributed by atoms with van der Waals surface area (Å²) < 4.78 is 1.90. The van der Waals surface area contributed by atoms with Crippen LogP contribution in [0.1, 0.15) is 33.3 Å². The molecule has 0 spiro atoms. The monoisotopic (exact) mass is 241 g/mol. The number of hydrogen-bond donors (Lipinski definition) is 3. The van der Waals surface area contributed by atoms with Gasteiger partial charge in [0.15, 0.2) is 0 Å². The van der Waals surface area contributed by atoms with Crippen LogP contribution in [0.15, 0.2) is 12.4 Å². The Labute approximate surface area is 102 Å². The van der Waals surface area contributed by atoms with Crippen molar-refractivity contribution in [2.24, 2.45) is 0 Å². The molecular weight excluding hydrogens is 218 g/mol. The Bertz CT molecular complexity index is 351.